The summed E-state index contributed by atoms with van der Waals surface area (Å²) >= 11 is 0. The zero-order valence-electron chi connectivity index (χ0n) is 9.83. The minimum absolute atomic E-state index is 0.129. The molecule has 2 aliphatic rings. The van der Waals surface area contributed by atoms with Gasteiger partial charge in [-0.2, -0.15) is 13.2 Å². The summed E-state index contributed by atoms with van der Waals surface area (Å²) in [5.74, 6) is 0.712. The van der Waals surface area contributed by atoms with Crippen LogP contribution >= 0.6 is 0 Å². The highest BCUT2D eigenvalue weighted by Gasteiger charge is 2.42. The second-order valence-electron chi connectivity index (χ2n) is 5.04. The van der Waals surface area contributed by atoms with Gasteiger partial charge in [0.1, 0.15) is 0 Å². The third-order valence-corrected chi connectivity index (χ3v) is 3.51. The predicted octanol–water partition coefficient (Wildman–Crippen LogP) is 1.35. The van der Waals surface area contributed by atoms with E-state index in [4.69, 9.17) is 0 Å². The molecule has 0 radical (unpaired) electrons. The molecule has 1 aliphatic heterocycles. The number of halogens is 3. The van der Waals surface area contributed by atoms with Crippen molar-refractivity contribution in [2.45, 2.75) is 19.5 Å². The maximum atomic E-state index is 12.2. The Balaban J connectivity index is 1.76. The summed E-state index contributed by atoms with van der Waals surface area (Å²) in [6.45, 7) is 2.67. The number of carbonyl (C=O) groups is 1. The molecule has 1 saturated carbocycles. The van der Waals surface area contributed by atoms with Crippen LogP contribution in [0.15, 0.2) is 0 Å². The van der Waals surface area contributed by atoms with E-state index in [0.29, 0.717) is 32.1 Å². The molecule has 2 fully saturated rings. The van der Waals surface area contributed by atoms with Crippen molar-refractivity contribution < 1.29 is 18.0 Å². The van der Waals surface area contributed by atoms with Crippen LogP contribution in [0.2, 0.25) is 0 Å². The molecule has 6 heteroatoms. The number of carbonyl (C=O) groups excluding carboxylic acids is 1. The van der Waals surface area contributed by atoms with Crippen LogP contribution in [-0.2, 0) is 4.79 Å². The van der Waals surface area contributed by atoms with Gasteiger partial charge in [0.05, 0.1) is 6.54 Å². The minimum Gasteiger partial charge on any atom is -0.340 e. The molecule has 0 N–H and O–H groups in total. The molecule has 0 unspecified atom stereocenters. The van der Waals surface area contributed by atoms with Crippen LogP contribution in [0.5, 0.6) is 0 Å². The SMILES string of the molecule is C[C@@H]1C[C@H]1C(=O)N1CCN(CC(F)(F)F)CC1. The smallest absolute Gasteiger partial charge is 0.340 e. The molecule has 0 spiro atoms. The lowest BCUT2D eigenvalue weighted by Crippen LogP contribution is -2.51. The molecule has 98 valence electrons. The number of amides is 1. The third kappa shape index (κ3) is 3.34. The fourth-order valence-electron chi connectivity index (χ4n) is 2.28. The molecule has 3 nitrogen and oxygen atoms in total. The lowest BCUT2D eigenvalue weighted by atomic mass is 10.2. The lowest BCUT2D eigenvalue weighted by molar-refractivity contribution is -0.152. The summed E-state index contributed by atoms with van der Waals surface area (Å²) in [5, 5.41) is 0. The summed E-state index contributed by atoms with van der Waals surface area (Å²) in [4.78, 5) is 14.9. The zero-order chi connectivity index (χ0) is 12.6. The number of hydrogen-bond donors (Lipinski definition) is 0. The highest BCUT2D eigenvalue weighted by atomic mass is 19.4. The van der Waals surface area contributed by atoms with Gasteiger partial charge in [0.15, 0.2) is 0 Å². The van der Waals surface area contributed by atoms with Gasteiger partial charge in [-0.15, -0.1) is 0 Å². The number of hydrogen-bond acceptors (Lipinski definition) is 2. The molecule has 0 aromatic rings. The van der Waals surface area contributed by atoms with Gasteiger partial charge in [-0.25, -0.2) is 0 Å². The summed E-state index contributed by atoms with van der Waals surface area (Å²) in [7, 11) is 0. The van der Waals surface area contributed by atoms with Crippen molar-refractivity contribution in [2.24, 2.45) is 11.8 Å². The van der Waals surface area contributed by atoms with Crippen molar-refractivity contribution in [2.75, 3.05) is 32.7 Å². The van der Waals surface area contributed by atoms with Crippen LogP contribution in [-0.4, -0.2) is 54.6 Å². The van der Waals surface area contributed by atoms with Crippen molar-refractivity contribution in [3.63, 3.8) is 0 Å². The molecule has 1 aliphatic carbocycles. The van der Waals surface area contributed by atoms with Crippen molar-refractivity contribution in [1.82, 2.24) is 9.80 Å². The normalized spacial score (nSPS) is 30.5. The summed E-state index contributed by atoms with van der Waals surface area (Å²) < 4.78 is 36.5. The highest BCUT2D eigenvalue weighted by molar-refractivity contribution is 5.81. The number of rotatable bonds is 2. The van der Waals surface area contributed by atoms with E-state index < -0.39 is 12.7 Å². The van der Waals surface area contributed by atoms with Gasteiger partial charge in [0.2, 0.25) is 5.91 Å². The topological polar surface area (TPSA) is 23.6 Å². The molecule has 1 amide bonds. The van der Waals surface area contributed by atoms with E-state index in [9.17, 15) is 18.0 Å². The fourth-order valence-corrected chi connectivity index (χ4v) is 2.28. The molecule has 1 heterocycles. The molecule has 2 rings (SSSR count). The van der Waals surface area contributed by atoms with Gasteiger partial charge in [-0.3, -0.25) is 9.69 Å². The molecule has 0 aromatic carbocycles. The second kappa shape index (κ2) is 4.48. The lowest BCUT2D eigenvalue weighted by Gasteiger charge is -2.35. The standard InChI is InChI=1S/C11H17F3N2O/c1-8-6-9(8)10(17)16-4-2-15(3-5-16)7-11(12,13)14/h8-9H,2-7H2,1H3/t8-,9-/m1/s1. The van der Waals surface area contributed by atoms with Crippen LogP contribution in [0.25, 0.3) is 0 Å². The Morgan fingerprint density at radius 2 is 1.76 bits per heavy atom. The molecule has 17 heavy (non-hydrogen) atoms. The Morgan fingerprint density at radius 3 is 2.18 bits per heavy atom. The molecule has 0 bridgehead atoms. The molecular weight excluding hydrogens is 233 g/mol. The highest BCUT2D eigenvalue weighted by Crippen LogP contribution is 2.39. The Hall–Kier alpha value is -0.780. The molecule has 2 atom stereocenters. The van der Waals surface area contributed by atoms with E-state index in [1.165, 1.54) is 4.90 Å². The van der Waals surface area contributed by atoms with E-state index in [-0.39, 0.29) is 11.8 Å². The first-order chi connectivity index (χ1) is 7.87. The first kappa shape index (κ1) is 12.7. The number of piperazine rings is 1. The van der Waals surface area contributed by atoms with E-state index in [2.05, 4.69) is 0 Å². The predicted molar refractivity (Wildman–Crippen MR) is 56.3 cm³/mol. The van der Waals surface area contributed by atoms with Crippen molar-refractivity contribution in [3.05, 3.63) is 0 Å². The van der Waals surface area contributed by atoms with Crippen LogP contribution in [0, 0.1) is 11.8 Å². The summed E-state index contributed by atoms with van der Waals surface area (Å²) in [6.07, 6.45) is -3.21. The third-order valence-electron chi connectivity index (χ3n) is 3.51. The average molecular weight is 250 g/mol. The first-order valence-corrected chi connectivity index (χ1v) is 5.95. The van der Waals surface area contributed by atoms with E-state index in [0.717, 1.165) is 6.42 Å². The molecular formula is C11H17F3N2O. The summed E-state index contributed by atoms with van der Waals surface area (Å²) in [5.41, 5.74) is 0. The van der Waals surface area contributed by atoms with Gasteiger partial charge in [-0.1, -0.05) is 6.92 Å². The van der Waals surface area contributed by atoms with Crippen LogP contribution < -0.4 is 0 Å². The zero-order valence-corrected chi connectivity index (χ0v) is 9.83. The maximum Gasteiger partial charge on any atom is 0.401 e. The Morgan fingerprint density at radius 1 is 1.24 bits per heavy atom. The van der Waals surface area contributed by atoms with E-state index >= 15 is 0 Å². The Bertz CT molecular complexity index is 298. The van der Waals surface area contributed by atoms with Gasteiger partial charge in [0, 0.05) is 32.1 Å². The van der Waals surface area contributed by atoms with Crippen LogP contribution in [0.4, 0.5) is 13.2 Å². The number of nitrogens with zero attached hydrogens (tertiary/aromatic N) is 2. The van der Waals surface area contributed by atoms with Gasteiger partial charge in [0.25, 0.3) is 0 Å². The first-order valence-electron chi connectivity index (χ1n) is 5.95. The molecule has 0 aromatic heterocycles. The van der Waals surface area contributed by atoms with Crippen molar-refractivity contribution in [3.8, 4) is 0 Å². The Labute approximate surface area is 98.6 Å². The quantitative estimate of drug-likeness (QED) is 0.738. The van der Waals surface area contributed by atoms with Gasteiger partial charge < -0.3 is 4.90 Å². The molecule has 1 saturated heterocycles. The summed E-state index contributed by atoms with van der Waals surface area (Å²) in [6, 6.07) is 0. The van der Waals surface area contributed by atoms with Crippen molar-refractivity contribution >= 4 is 5.91 Å². The number of alkyl halides is 3. The van der Waals surface area contributed by atoms with E-state index in [1.807, 2.05) is 6.92 Å². The fraction of sp³-hybridized carbons (Fsp3) is 0.909. The van der Waals surface area contributed by atoms with E-state index in [1.54, 1.807) is 4.90 Å². The maximum absolute atomic E-state index is 12.2. The van der Waals surface area contributed by atoms with Crippen LogP contribution in [0.1, 0.15) is 13.3 Å². The monoisotopic (exact) mass is 250 g/mol. The average Bonchev–Trinajstić information content (AvgIpc) is 2.93. The second-order valence-corrected chi connectivity index (χ2v) is 5.04. The van der Waals surface area contributed by atoms with Crippen molar-refractivity contribution in [1.29, 1.82) is 0 Å². The largest absolute Gasteiger partial charge is 0.401 e. The Kier molecular flexibility index (Phi) is 3.34. The van der Waals surface area contributed by atoms with Gasteiger partial charge in [-0.05, 0) is 12.3 Å². The van der Waals surface area contributed by atoms with Gasteiger partial charge >= 0.3 is 6.18 Å². The minimum atomic E-state index is -4.14. The van der Waals surface area contributed by atoms with Crippen LogP contribution in [0.3, 0.4) is 0 Å².